The number of hydrogen-bond acceptors (Lipinski definition) is 6. The molecule has 0 saturated heterocycles. The monoisotopic (exact) mass is 524 g/mol. The van der Waals surface area contributed by atoms with Gasteiger partial charge in [-0.05, 0) is 79.8 Å². The third kappa shape index (κ3) is 4.11. The van der Waals surface area contributed by atoms with Crippen molar-refractivity contribution in [1.29, 1.82) is 0 Å². The highest BCUT2D eigenvalue weighted by atomic mass is 16.7. The number of aromatic nitrogens is 1. The lowest BCUT2D eigenvalue weighted by molar-refractivity contribution is -0.144. The van der Waals surface area contributed by atoms with Crippen molar-refractivity contribution in [2.75, 3.05) is 6.79 Å². The van der Waals surface area contributed by atoms with Crippen molar-refractivity contribution < 1.29 is 23.8 Å². The molecule has 2 aromatic carbocycles. The van der Waals surface area contributed by atoms with Crippen LogP contribution >= 0.6 is 0 Å². The second-order valence-electron chi connectivity index (χ2n) is 10.9. The van der Waals surface area contributed by atoms with Crippen LogP contribution in [0.2, 0.25) is 0 Å². The Labute approximate surface area is 227 Å². The lowest BCUT2D eigenvalue weighted by Crippen LogP contribution is -2.37. The van der Waals surface area contributed by atoms with E-state index in [4.69, 9.17) is 14.2 Å². The zero-order valence-electron chi connectivity index (χ0n) is 22.0. The fourth-order valence-corrected chi connectivity index (χ4v) is 6.77. The van der Waals surface area contributed by atoms with Gasteiger partial charge in [-0.2, -0.15) is 0 Å². The molecule has 7 rings (SSSR count). The summed E-state index contributed by atoms with van der Waals surface area (Å²) in [4.78, 5) is 31.2. The number of ketones is 1. The number of allylic oxidation sites excluding steroid dienone is 3. The van der Waals surface area contributed by atoms with Crippen LogP contribution in [0.5, 0.6) is 11.5 Å². The molecule has 2 unspecified atom stereocenters. The number of H-pyrrole nitrogens is 1. The summed E-state index contributed by atoms with van der Waals surface area (Å²) < 4.78 is 17.2. The van der Waals surface area contributed by atoms with Crippen molar-refractivity contribution >= 4 is 22.7 Å². The zero-order valence-corrected chi connectivity index (χ0v) is 22.0. The quantitative estimate of drug-likeness (QED) is 0.390. The topological polar surface area (TPSA) is 89.7 Å². The van der Waals surface area contributed by atoms with Gasteiger partial charge in [-0.25, -0.2) is 4.79 Å². The Balaban J connectivity index is 1.32. The molecule has 7 heteroatoms. The fourth-order valence-electron chi connectivity index (χ4n) is 6.77. The fraction of sp³-hybridized carbons (Fsp3) is 0.375. The number of rotatable bonds is 5. The van der Waals surface area contributed by atoms with Crippen LogP contribution < -0.4 is 14.8 Å². The first-order chi connectivity index (χ1) is 19.1. The lowest BCUT2D eigenvalue weighted by atomic mass is 9.71. The Kier molecular flexibility index (Phi) is 5.94. The summed E-state index contributed by atoms with van der Waals surface area (Å²) in [5.74, 6) is 0.741. The Morgan fingerprint density at radius 3 is 2.74 bits per heavy atom. The van der Waals surface area contributed by atoms with Gasteiger partial charge in [0, 0.05) is 46.4 Å². The van der Waals surface area contributed by atoms with Gasteiger partial charge in [0.2, 0.25) is 6.79 Å². The Morgan fingerprint density at radius 1 is 1.05 bits per heavy atom. The second kappa shape index (κ2) is 9.63. The largest absolute Gasteiger partial charge is 0.459 e. The van der Waals surface area contributed by atoms with Crippen molar-refractivity contribution in [1.82, 2.24) is 10.3 Å². The molecule has 3 aromatic rings. The molecule has 4 aliphatic rings. The van der Waals surface area contributed by atoms with E-state index in [1.165, 1.54) is 0 Å². The van der Waals surface area contributed by atoms with Crippen LogP contribution in [0.25, 0.3) is 10.9 Å². The van der Waals surface area contributed by atoms with Crippen LogP contribution in [0, 0.1) is 0 Å². The molecule has 0 bridgehead atoms. The number of benzene rings is 2. The Bertz CT molecular complexity index is 1540. The van der Waals surface area contributed by atoms with E-state index in [2.05, 4.69) is 10.3 Å². The second-order valence-corrected chi connectivity index (χ2v) is 10.9. The van der Waals surface area contributed by atoms with Crippen molar-refractivity contribution in [2.45, 2.75) is 69.8 Å². The SMILES string of the molecule is CCC1=C(C(=O)OC2CCCC2)C(c2cccc3[nH]ccc23)C2=C(CC(c3ccc4c(c3)OCO4)CC2=O)N1. The molecule has 2 atom stereocenters. The van der Waals surface area contributed by atoms with Gasteiger partial charge in [-0.15, -0.1) is 0 Å². The van der Waals surface area contributed by atoms with Gasteiger partial charge in [-0.1, -0.05) is 25.1 Å². The van der Waals surface area contributed by atoms with Gasteiger partial charge in [0.15, 0.2) is 17.3 Å². The first-order valence-corrected chi connectivity index (χ1v) is 14.0. The van der Waals surface area contributed by atoms with E-state index in [1.807, 2.05) is 55.6 Å². The van der Waals surface area contributed by atoms with Gasteiger partial charge in [0.1, 0.15) is 6.10 Å². The van der Waals surface area contributed by atoms with Gasteiger partial charge in [-0.3, -0.25) is 4.79 Å². The molecule has 0 spiro atoms. The van der Waals surface area contributed by atoms with E-state index in [1.54, 1.807) is 0 Å². The molecule has 0 amide bonds. The van der Waals surface area contributed by atoms with Crippen molar-refractivity contribution in [2.24, 2.45) is 0 Å². The number of fused-ring (bicyclic) bond motifs is 2. The van der Waals surface area contributed by atoms with E-state index >= 15 is 0 Å². The normalized spacial score (nSPS) is 22.8. The lowest BCUT2D eigenvalue weighted by Gasteiger charge is -2.37. The van der Waals surface area contributed by atoms with Crippen LogP contribution in [0.1, 0.15) is 74.8 Å². The zero-order chi connectivity index (χ0) is 26.5. The maximum atomic E-state index is 14.1. The van der Waals surface area contributed by atoms with Crippen LogP contribution in [0.15, 0.2) is 71.2 Å². The van der Waals surface area contributed by atoms with Gasteiger partial charge in [0.25, 0.3) is 0 Å². The molecule has 7 nitrogen and oxygen atoms in total. The summed E-state index contributed by atoms with van der Waals surface area (Å²) in [6, 6.07) is 14.0. The maximum Gasteiger partial charge on any atom is 0.337 e. The summed E-state index contributed by atoms with van der Waals surface area (Å²) in [7, 11) is 0. The summed E-state index contributed by atoms with van der Waals surface area (Å²) >= 11 is 0. The van der Waals surface area contributed by atoms with E-state index in [-0.39, 0.29) is 30.6 Å². The van der Waals surface area contributed by atoms with Crippen molar-refractivity contribution in [3.63, 3.8) is 0 Å². The van der Waals surface area contributed by atoms with Crippen LogP contribution in [0.3, 0.4) is 0 Å². The third-order valence-electron chi connectivity index (χ3n) is 8.67. The number of carbonyl (C=O) groups is 2. The van der Waals surface area contributed by atoms with E-state index < -0.39 is 5.92 Å². The number of nitrogens with one attached hydrogen (secondary N) is 2. The minimum Gasteiger partial charge on any atom is -0.459 e. The number of dihydropyridines is 1. The van der Waals surface area contributed by atoms with Crippen LogP contribution in [-0.2, 0) is 14.3 Å². The number of esters is 1. The summed E-state index contributed by atoms with van der Waals surface area (Å²) in [6.45, 7) is 2.26. The summed E-state index contributed by atoms with van der Waals surface area (Å²) in [5, 5.41) is 4.58. The van der Waals surface area contributed by atoms with Crippen LogP contribution in [-0.4, -0.2) is 29.6 Å². The Hall–Kier alpha value is -4.00. The Morgan fingerprint density at radius 2 is 1.90 bits per heavy atom. The number of ether oxygens (including phenoxy) is 3. The van der Waals surface area contributed by atoms with Gasteiger partial charge >= 0.3 is 5.97 Å². The van der Waals surface area contributed by atoms with E-state index in [0.717, 1.165) is 70.6 Å². The van der Waals surface area contributed by atoms with Crippen molar-refractivity contribution in [3.05, 3.63) is 82.3 Å². The molecule has 2 aliphatic heterocycles. The molecule has 200 valence electrons. The summed E-state index contributed by atoms with van der Waals surface area (Å²) in [5.41, 5.74) is 6.01. The molecular formula is C32H32N2O5. The standard InChI is InChI=1S/C32H32N2O5/c1-2-23-31(32(36)39-20-6-3-4-7-20)29(22-8-5-9-24-21(22)12-13-33-24)30-25(34-23)14-19(15-26(30)35)18-10-11-27-28(16-18)38-17-37-27/h5,8-13,16,19-20,29,33-34H,2-4,6-7,14-15,17H2,1H3. The average molecular weight is 525 g/mol. The minimum absolute atomic E-state index is 0.00653. The number of hydrogen-bond donors (Lipinski definition) is 2. The first kappa shape index (κ1) is 24.1. The third-order valence-corrected chi connectivity index (χ3v) is 8.67. The number of Topliss-reactive ketones (excluding diaryl/α,β-unsaturated/α-hetero) is 1. The van der Waals surface area contributed by atoms with Gasteiger partial charge in [0.05, 0.1) is 5.57 Å². The molecule has 2 N–H and O–H groups in total. The minimum atomic E-state index is -0.477. The molecule has 0 radical (unpaired) electrons. The van der Waals surface area contributed by atoms with E-state index in [0.29, 0.717) is 30.4 Å². The molecular weight excluding hydrogens is 492 g/mol. The van der Waals surface area contributed by atoms with E-state index in [9.17, 15) is 9.59 Å². The number of carbonyl (C=O) groups excluding carboxylic acids is 2. The first-order valence-electron chi connectivity index (χ1n) is 14.0. The highest BCUT2D eigenvalue weighted by molar-refractivity contribution is 6.05. The molecule has 2 aliphatic carbocycles. The van der Waals surface area contributed by atoms with Crippen molar-refractivity contribution in [3.8, 4) is 11.5 Å². The molecule has 1 aromatic heterocycles. The number of aromatic amines is 1. The molecule has 1 fully saturated rings. The predicted molar refractivity (Wildman–Crippen MR) is 146 cm³/mol. The predicted octanol–water partition coefficient (Wildman–Crippen LogP) is 6.13. The smallest absolute Gasteiger partial charge is 0.337 e. The highest BCUT2D eigenvalue weighted by Crippen LogP contribution is 2.48. The van der Waals surface area contributed by atoms with Crippen LogP contribution in [0.4, 0.5) is 0 Å². The molecule has 39 heavy (non-hydrogen) atoms. The summed E-state index contributed by atoms with van der Waals surface area (Å²) in [6.07, 6.45) is 7.49. The van der Waals surface area contributed by atoms with Gasteiger partial charge < -0.3 is 24.5 Å². The highest BCUT2D eigenvalue weighted by Gasteiger charge is 2.43. The molecule has 1 saturated carbocycles. The maximum absolute atomic E-state index is 14.1. The molecule has 3 heterocycles. The average Bonchev–Trinajstić information content (AvgIpc) is 3.73.